The van der Waals surface area contributed by atoms with E-state index in [1.165, 1.54) is 0 Å². The second kappa shape index (κ2) is 3.15. The van der Waals surface area contributed by atoms with Crippen LogP contribution in [-0.2, 0) is 4.79 Å². The number of carboxylic acid groups (broad SMARTS) is 1. The summed E-state index contributed by atoms with van der Waals surface area (Å²) in [4.78, 5) is 10.3. The number of hydrogen-bond donors (Lipinski definition) is 3. The van der Waals surface area contributed by atoms with Crippen LogP contribution >= 0.6 is 0 Å². The van der Waals surface area contributed by atoms with Crippen LogP contribution in [-0.4, -0.2) is 41.0 Å². The molecule has 1 aliphatic heterocycles. The summed E-state index contributed by atoms with van der Waals surface area (Å²) in [6.07, 6.45) is -6.37. The third-order valence-corrected chi connectivity index (χ3v) is 1.96. The van der Waals surface area contributed by atoms with Gasteiger partial charge in [-0.05, 0) is 0 Å². The van der Waals surface area contributed by atoms with Gasteiger partial charge in [-0.3, -0.25) is 4.79 Å². The smallest absolute Gasteiger partial charge is 0.396 e. The Labute approximate surface area is 71.4 Å². The lowest BCUT2D eigenvalue weighted by atomic mass is 9.98. The lowest BCUT2D eigenvalue weighted by Crippen LogP contribution is -2.44. The molecule has 0 aromatic carbocycles. The molecule has 76 valence electrons. The third-order valence-electron chi connectivity index (χ3n) is 1.96. The maximum Gasteiger partial charge on any atom is 0.396 e. The normalized spacial score (nSPS) is 34.9. The van der Waals surface area contributed by atoms with Crippen molar-refractivity contribution in [3.05, 3.63) is 0 Å². The Morgan fingerprint density at radius 1 is 1.46 bits per heavy atom. The van der Waals surface area contributed by atoms with E-state index < -0.39 is 30.2 Å². The minimum Gasteiger partial charge on any atom is -0.480 e. The van der Waals surface area contributed by atoms with Crippen LogP contribution in [0.3, 0.4) is 0 Å². The molecular formula is C6H8F3NO3. The SMILES string of the molecule is O=C(O)C1NCC(O)C1C(F)(F)F. The van der Waals surface area contributed by atoms with Crippen molar-refractivity contribution in [2.45, 2.75) is 18.3 Å². The number of alkyl halides is 3. The minimum atomic E-state index is -4.69. The summed E-state index contributed by atoms with van der Waals surface area (Å²) in [6, 6.07) is -1.74. The lowest BCUT2D eigenvalue weighted by Gasteiger charge is -2.20. The second-order valence-electron chi connectivity index (χ2n) is 2.86. The molecule has 3 N–H and O–H groups in total. The first kappa shape index (κ1) is 10.3. The molecule has 0 spiro atoms. The highest BCUT2D eigenvalue weighted by molar-refractivity contribution is 5.74. The molecule has 4 nitrogen and oxygen atoms in total. The summed E-state index contributed by atoms with van der Waals surface area (Å²) in [5.74, 6) is -3.82. The zero-order valence-electron chi connectivity index (χ0n) is 6.38. The Hall–Kier alpha value is -0.820. The molecule has 0 aromatic heterocycles. The molecule has 3 unspecified atom stereocenters. The molecule has 0 saturated carbocycles. The van der Waals surface area contributed by atoms with Crippen molar-refractivity contribution in [2.24, 2.45) is 5.92 Å². The number of rotatable bonds is 1. The van der Waals surface area contributed by atoms with Gasteiger partial charge in [-0.15, -0.1) is 0 Å². The van der Waals surface area contributed by atoms with E-state index in [1.54, 1.807) is 0 Å². The van der Waals surface area contributed by atoms with E-state index in [0.717, 1.165) is 0 Å². The van der Waals surface area contributed by atoms with Gasteiger partial charge in [-0.25, -0.2) is 0 Å². The van der Waals surface area contributed by atoms with Crippen LogP contribution in [0.2, 0.25) is 0 Å². The van der Waals surface area contributed by atoms with E-state index in [0.29, 0.717) is 0 Å². The molecule has 1 aliphatic rings. The van der Waals surface area contributed by atoms with Gasteiger partial charge in [-0.1, -0.05) is 0 Å². The summed E-state index contributed by atoms with van der Waals surface area (Å²) < 4.78 is 36.5. The van der Waals surface area contributed by atoms with Gasteiger partial charge in [0.1, 0.15) is 12.0 Å². The van der Waals surface area contributed by atoms with Gasteiger partial charge in [0.15, 0.2) is 0 Å². The molecule has 1 saturated heterocycles. The molecule has 0 amide bonds. The number of halogens is 3. The lowest BCUT2D eigenvalue weighted by molar-refractivity contribution is -0.200. The van der Waals surface area contributed by atoms with E-state index >= 15 is 0 Å². The second-order valence-corrected chi connectivity index (χ2v) is 2.86. The Morgan fingerprint density at radius 2 is 2.00 bits per heavy atom. The Kier molecular flexibility index (Phi) is 2.49. The molecule has 1 rings (SSSR count). The highest BCUT2D eigenvalue weighted by Gasteiger charge is 2.54. The van der Waals surface area contributed by atoms with Crippen LogP contribution in [0.25, 0.3) is 0 Å². The largest absolute Gasteiger partial charge is 0.480 e. The maximum atomic E-state index is 12.2. The van der Waals surface area contributed by atoms with E-state index in [-0.39, 0.29) is 6.54 Å². The number of hydrogen-bond acceptors (Lipinski definition) is 3. The molecule has 0 radical (unpaired) electrons. The van der Waals surface area contributed by atoms with Crippen molar-refractivity contribution in [1.29, 1.82) is 0 Å². The molecule has 0 aliphatic carbocycles. The number of β-amino-alcohol motifs (C(OH)–C–C–N with tert-alkyl or cyclic N) is 1. The monoisotopic (exact) mass is 199 g/mol. The standard InChI is InChI=1S/C6H8F3NO3/c7-6(8,9)3-2(11)1-10-4(3)5(12)13/h2-4,10-11H,1H2,(H,12,13). The molecule has 13 heavy (non-hydrogen) atoms. The summed E-state index contributed by atoms with van der Waals surface area (Å²) in [7, 11) is 0. The zero-order chi connectivity index (χ0) is 10.2. The van der Waals surface area contributed by atoms with E-state index in [4.69, 9.17) is 10.2 Å². The summed E-state index contributed by atoms with van der Waals surface area (Å²) in [5.41, 5.74) is 0. The van der Waals surface area contributed by atoms with Gasteiger partial charge in [0, 0.05) is 6.54 Å². The first-order valence-electron chi connectivity index (χ1n) is 3.55. The van der Waals surface area contributed by atoms with E-state index in [1.807, 2.05) is 0 Å². The molecular weight excluding hydrogens is 191 g/mol. The average molecular weight is 199 g/mol. The molecule has 7 heteroatoms. The van der Waals surface area contributed by atoms with E-state index in [9.17, 15) is 18.0 Å². The minimum absolute atomic E-state index is 0.346. The summed E-state index contributed by atoms with van der Waals surface area (Å²) in [5, 5.41) is 19.4. The fourth-order valence-electron chi connectivity index (χ4n) is 1.37. The fourth-order valence-corrected chi connectivity index (χ4v) is 1.37. The number of carboxylic acids is 1. The molecule has 1 heterocycles. The van der Waals surface area contributed by atoms with Gasteiger partial charge < -0.3 is 15.5 Å². The van der Waals surface area contributed by atoms with Crippen molar-refractivity contribution in [2.75, 3.05) is 6.54 Å². The first-order chi connectivity index (χ1) is 5.84. The van der Waals surface area contributed by atoms with Crippen LogP contribution in [0, 0.1) is 5.92 Å². The Balaban J connectivity index is 2.83. The van der Waals surface area contributed by atoms with Crippen LogP contribution in [0.15, 0.2) is 0 Å². The van der Waals surface area contributed by atoms with Crippen molar-refractivity contribution in [3.63, 3.8) is 0 Å². The van der Waals surface area contributed by atoms with Gasteiger partial charge in [-0.2, -0.15) is 13.2 Å². The van der Waals surface area contributed by atoms with Gasteiger partial charge in [0.05, 0.1) is 6.10 Å². The number of aliphatic hydroxyl groups excluding tert-OH is 1. The molecule has 1 fully saturated rings. The number of nitrogens with one attached hydrogen (secondary N) is 1. The average Bonchev–Trinajstić information content (AvgIpc) is 2.28. The molecule has 0 bridgehead atoms. The van der Waals surface area contributed by atoms with Crippen molar-refractivity contribution in [1.82, 2.24) is 5.32 Å². The summed E-state index contributed by atoms with van der Waals surface area (Å²) >= 11 is 0. The first-order valence-corrected chi connectivity index (χ1v) is 3.55. The predicted octanol–water partition coefficient (Wildman–Crippen LogP) is -0.418. The Morgan fingerprint density at radius 3 is 2.31 bits per heavy atom. The quantitative estimate of drug-likeness (QED) is 0.536. The van der Waals surface area contributed by atoms with Gasteiger partial charge >= 0.3 is 12.1 Å². The predicted molar refractivity (Wildman–Crippen MR) is 35.0 cm³/mol. The number of carbonyl (C=O) groups is 1. The zero-order valence-corrected chi connectivity index (χ0v) is 6.38. The molecule has 0 aromatic rings. The van der Waals surface area contributed by atoms with Crippen LogP contribution in [0.4, 0.5) is 13.2 Å². The van der Waals surface area contributed by atoms with Gasteiger partial charge in [0.25, 0.3) is 0 Å². The van der Waals surface area contributed by atoms with Crippen molar-refractivity contribution >= 4 is 5.97 Å². The third kappa shape index (κ3) is 1.92. The van der Waals surface area contributed by atoms with Crippen molar-refractivity contribution < 1.29 is 28.2 Å². The van der Waals surface area contributed by atoms with Gasteiger partial charge in [0.2, 0.25) is 0 Å². The Bertz CT molecular complexity index is 218. The highest BCUT2D eigenvalue weighted by Crippen LogP contribution is 2.34. The van der Waals surface area contributed by atoms with Crippen LogP contribution < -0.4 is 5.32 Å². The summed E-state index contributed by atoms with van der Waals surface area (Å²) in [6.45, 7) is -0.346. The van der Waals surface area contributed by atoms with Crippen LogP contribution in [0.1, 0.15) is 0 Å². The fraction of sp³-hybridized carbons (Fsp3) is 0.833. The van der Waals surface area contributed by atoms with Crippen molar-refractivity contribution in [3.8, 4) is 0 Å². The topological polar surface area (TPSA) is 69.6 Å². The number of aliphatic hydroxyl groups is 1. The van der Waals surface area contributed by atoms with E-state index in [2.05, 4.69) is 5.32 Å². The highest BCUT2D eigenvalue weighted by atomic mass is 19.4. The number of aliphatic carboxylic acids is 1. The van der Waals surface area contributed by atoms with Crippen LogP contribution in [0.5, 0.6) is 0 Å². The maximum absolute atomic E-state index is 12.2. The molecule has 3 atom stereocenters.